The second kappa shape index (κ2) is 32.1. The van der Waals surface area contributed by atoms with Crippen molar-refractivity contribution in [3.63, 3.8) is 0 Å². The van der Waals surface area contributed by atoms with Crippen molar-refractivity contribution in [1.82, 2.24) is 44.2 Å². The predicted octanol–water partition coefficient (Wildman–Crippen LogP) is 14.6. The van der Waals surface area contributed by atoms with E-state index >= 15 is 0 Å². The molecular formula is C69H96Cl2N12O9S2. The Morgan fingerprint density at radius 3 is 1.39 bits per heavy atom. The van der Waals surface area contributed by atoms with Crippen LogP contribution in [-0.2, 0) is 20.0 Å². The van der Waals surface area contributed by atoms with Crippen LogP contribution in [0.2, 0.25) is 10.3 Å². The van der Waals surface area contributed by atoms with Crippen LogP contribution in [-0.4, -0.2) is 99.6 Å². The minimum atomic E-state index is -4.18. The van der Waals surface area contributed by atoms with E-state index in [4.69, 9.17) is 42.9 Å². The molecule has 6 N–H and O–H groups in total. The van der Waals surface area contributed by atoms with Crippen molar-refractivity contribution in [2.45, 2.75) is 186 Å². The van der Waals surface area contributed by atoms with Gasteiger partial charge < -0.3 is 25.2 Å². The highest BCUT2D eigenvalue weighted by Gasteiger charge is 2.42. The lowest BCUT2D eigenvalue weighted by molar-refractivity contribution is 0.0696. The van der Waals surface area contributed by atoms with E-state index < -0.39 is 31.9 Å². The monoisotopic (exact) mass is 1370 g/mol. The molecule has 6 aromatic rings. The molecule has 6 heterocycles. The minimum Gasteiger partial charge on any atom is -0.478 e. The van der Waals surface area contributed by atoms with Crippen molar-refractivity contribution >= 4 is 66.8 Å². The molecule has 21 nitrogen and oxygen atoms in total. The average Bonchev–Trinajstić information content (AvgIpc) is 1.51. The molecule has 0 radical (unpaired) electrons. The van der Waals surface area contributed by atoms with E-state index in [9.17, 15) is 26.4 Å². The maximum atomic E-state index is 12.9. The van der Waals surface area contributed by atoms with Crippen molar-refractivity contribution in [1.29, 1.82) is 0 Å². The van der Waals surface area contributed by atoms with Gasteiger partial charge in [-0.25, -0.2) is 60.8 Å². The van der Waals surface area contributed by atoms with Crippen LogP contribution < -0.4 is 30.0 Å². The van der Waals surface area contributed by atoms with Crippen LogP contribution in [0, 0.1) is 58.2 Å². The van der Waals surface area contributed by atoms with Crippen LogP contribution in [0.4, 0.5) is 11.6 Å². The fraction of sp³-hybridized carbons (Fsp3) is 0.594. The SMILES string of the molecule is C.CC1(C)CCC(CCCCNc2ccc(S(=O)(=O)NC(=O)c3ccc(-n4ccc(OCCC(C5CC5)C5CC5)n4)nc3Cl)cn2)C1.CC1(C)CCC(CCCCNc2ccc(S(N)(=O)=O)cn2)C1.O=C(O)c1ccc(-n2ccc(OCCC(C3CC3)C3CC3)n2)nc1Cl. The van der Waals surface area contributed by atoms with Crippen molar-refractivity contribution in [3.8, 4) is 23.4 Å². The standard InChI is InChI=1S/C34H45ClN6O4S.C18H20ClN3O3.C16H27N3O2S.CH4/c1-34(2)17-14-23(21-34)5-3-4-18-36-29-12-10-26(22-37-29)46(43,44)40-33(42)28-11-13-30(38-32(28)35)41-19-15-31(39-41)45-20-16-27(24-6-7-24)25-8-9-25;19-17-14(18(23)24)5-6-15(20-17)22-9-7-16(21-22)25-10-8-13(11-1-2-11)12-3-4-12;1-16(2)9-8-13(11-16)5-3-4-10-18-15-7-6-14(12-19-15)22(17,20)21;/h10-13,15,19,22-25,27H,3-9,14,16-18,20-21H2,1-2H3,(H,36,37)(H,40,42);5-7,9,11-13H,1-4,8,10H2,(H,23,24);6-7,12-13H,3-5,8-11H2,1-2H3,(H,18,19)(H2,17,20,21);1H4. The number of carbonyl (C=O) groups is 2. The first-order chi connectivity index (χ1) is 44.4. The molecule has 2 atom stereocenters. The third kappa shape index (κ3) is 21.6. The second-order valence-corrected chi connectivity index (χ2v) is 32.1. The van der Waals surface area contributed by atoms with E-state index in [0.717, 1.165) is 92.5 Å². The van der Waals surface area contributed by atoms with Gasteiger partial charge in [-0.3, -0.25) is 4.79 Å². The molecule has 0 aliphatic heterocycles. The molecule has 2 unspecified atom stereocenters. The molecule has 6 fully saturated rings. The molecule has 512 valence electrons. The molecule has 0 spiro atoms. The van der Waals surface area contributed by atoms with Gasteiger partial charge in [0.15, 0.2) is 11.6 Å². The van der Waals surface area contributed by atoms with Gasteiger partial charge >= 0.3 is 5.97 Å². The van der Waals surface area contributed by atoms with Crippen molar-refractivity contribution in [2.24, 2.45) is 63.3 Å². The number of anilines is 2. The number of aromatic carboxylic acids is 1. The highest BCUT2D eigenvalue weighted by Crippen LogP contribution is 2.52. The van der Waals surface area contributed by atoms with Crippen molar-refractivity contribution in [3.05, 3.63) is 107 Å². The Labute approximate surface area is 565 Å². The number of carboxylic acids is 1. The number of primary sulfonamides is 1. The van der Waals surface area contributed by atoms with Crippen molar-refractivity contribution in [2.75, 3.05) is 36.9 Å². The van der Waals surface area contributed by atoms with Crippen LogP contribution >= 0.6 is 23.2 Å². The van der Waals surface area contributed by atoms with Crippen LogP contribution in [0.15, 0.2) is 95.2 Å². The summed E-state index contributed by atoms with van der Waals surface area (Å²) >= 11 is 12.2. The number of amides is 1. The third-order valence-corrected chi connectivity index (χ3v) is 22.0. The maximum Gasteiger partial charge on any atom is 0.338 e. The molecule has 6 aliphatic rings. The summed E-state index contributed by atoms with van der Waals surface area (Å²) in [4.78, 5) is 40.4. The number of nitrogens with zero attached hydrogens (tertiary/aromatic N) is 8. The quantitative estimate of drug-likeness (QED) is 0.0200. The summed E-state index contributed by atoms with van der Waals surface area (Å²) in [5.41, 5.74) is 0.922. The summed E-state index contributed by atoms with van der Waals surface area (Å²) < 4.78 is 64.9. The molecule has 0 aromatic carbocycles. The molecule has 25 heteroatoms. The van der Waals surface area contributed by atoms with Gasteiger partial charge in [-0.1, -0.05) is 84.0 Å². The lowest BCUT2D eigenvalue weighted by Gasteiger charge is -2.17. The van der Waals surface area contributed by atoms with Crippen LogP contribution in [0.25, 0.3) is 11.6 Å². The molecule has 0 bridgehead atoms. The second-order valence-electron chi connectivity index (χ2n) is 28.1. The van der Waals surface area contributed by atoms with Gasteiger partial charge in [-0.05, 0) is 222 Å². The fourth-order valence-corrected chi connectivity index (χ4v) is 15.4. The number of pyridine rings is 4. The van der Waals surface area contributed by atoms with E-state index in [1.807, 2.05) is 0 Å². The van der Waals surface area contributed by atoms with Gasteiger partial charge in [0.2, 0.25) is 21.8 Å². The Morgan fingerprint density at radius 2 is 1.03 bits per heavy atom. The predicted molar refractivity (Wildman–Crippen MR) is 366 cm³/mol. The largest absolute Gasteiger partial charge is 0.478 e. The van der Waals surface area contributed by atoms with Crippen LogP contribution in [0.1, 0.15) is 197 Å². The molecule has 6 aliphatic carbocycles. The Balaban J connectivity index is 0.000000182. The topological polar surface area (TPSA) is 290 Å². The number of aromatic nitrogens is 8. The van der Waals surface area contributed by atoms with Gasteiger partial charge in [0, 0.05) is 50.0 Å². The normalized spacial score (nSPS) is 18.9. The van der Waals surface area contributed by atoms with E-state index in [0.29, 0.717) is 59.1 Å². The smallest absolute Gasteiger partial charge is 0.338 e. The minimum absolute atomic E-state index is 0. The zero-order chi connectivity index (χ0) is 65.9. The number of carboxylic acid groups (broad SMARTS) is 1. The summed E-state index contributed by atoms with van der Waals surface area (Å²) in [5, 5.41) is 29.1. The average molecular weight is 1370 g/mol. The van der Waals surface area contributed by atoms with Gasteiger partial charge in [0.05, 0.1) is 24.3 Å². The molecule has 6 aromatic heterocycles. The summed E-state index contributed by atoms with van der Waals surface area (Å²) in [6, 6.07) is 15.7. The number of hydrogen-bond donors (Lipinski definition) is 5. The number of halogens is 2. The lowest BCUT2D eigenvalue weighted by Crippen LogP contribution is -2.31. The van der Waals surface area contributed by atoms with Gasteiger partial charge in [-0.15, -0.1) is 10.2 Å². The molecule has 6 saturated carbocycles. The number of unbranched alkanes of at least 4 members (excludes halogenated alkanes) is 2. The molecule has 94 heavy (non-hydrogen) atoms. The number of sulfonamides is 2. The number of ether oxygens (including phenoxy) is 2. The van der Waals surface area contributed by atoms with Gasteiger partial charge in [0.25, 0.3) is 15.9 Å². The third-order valence-electron chi connectivity index (χ3n) is 19.2. The Hall–Kier alpha value is -6.40. The molecule has 1 amide bonds. The molecular weight excluding hydrogens is 1280 g/mol. The fourth-order valence-electron chi connectivity index (χ4n) is 13.6. The molecule has 12 rings (SSSR count). The van der Waals surface area contributed by atoms with E-state index in [2.05, 4.69) is 73.2 Å². The summed E-state index contributed by atoms with van der Waals surface area (Å²) in [6.07, 6.45) is 34.2. The highest BCUT2D eigenvalue weighted by molar-refractivity contribution is 7.90. The Morgan fingerprint density at radius 1 is 0.606 bits per heavy atom. The van der Waals surface area contributed by atoms with E-state index in [1.165, 1.54) is 155 Å². The van der Waals surface area contributed by atoms with Crippen LogP contribution in [0.3, 0.4) is 0 Å². The van der Waals surface area contributed by atoms with Crippen LogP contribution in [0.5, 0.6) is 11.8 Å². The van der Waals surface area contributed by atoms with E-state index in [1.54, 1.807) is 48.8 Å². The molecule has 0 saturated heterocycles. The Bertz CT molecular complexity index is 3680. The lowest BCUT2D eigenvalue weighted by atomic mass is 9.89. The zero-order valence-electron chi connectivity index (χ0n) is 54.0. The maximum absolute atomic E-state index is 12.9. The van der Waals surface area contributed by atoms with Gasteiger partial charge in [0.1, 0.15) is 31.7 Å². The number of rotatable bonds is 31. The summed E-state index contributed by atoms with van der Waals surface area (Å²) in [6.45, 7) is 12.4. The number of nitrogens with two attached hydrogens (primary N) is 1. The summed E-state index contributed by atoms with van der Waals surface area (Å²) in [7, 11) is -7.84. The number of carbonyl (C=O) groups excluding carboxylic acids is 1. The Kier molecular flexibility index (Phi) is 24.5. The van der Waals surface area contributed by atoms with Crippen molar-refractivity contribution < 1.29 is 41.0 Å². The zero-order valence-corrected chi connectivity index (χ0v) is 57.2. The first-order valence-electron chi connectivity index (χ1n) is 33.4. The first kappa shape index (κ1) is 71.9. The number of hydrogen-bond acceptors (Lipinski definition) is 16. The van der Waals surface area contributed by atoms with Gasteiger partial charge in [-0.2, -0.15) is 0 Å². The highest BCUT2D eigenvalue weighted by atomic mass is 35.5. The first-order valence-corrected chi connectivity index (χ1v) is 37.2. The van der Waals surface area contributed by atoms with E-state index in [-0.39, 0.29) is 38.7 Å². The summed E-state index contributed by atoms with van der Waals surface area (Å²) in [5.74, 6) is 8.08. The number of nitrogens with one attached hydrogen (secondary N) is 3.